The van der Waals surface area contributed by atoms with E-state index in [0.29, 0.717) is 6.61 Å². The van der Waals surface area contributed by atoms with E-state index in [0.717, 1.165) is 57.0 Å². The molecule has 0 saturated carbocycles. The van der Waals surface area contributed by atoms with Gasteiger partial charge in [-0.05, 0) is 63.7 Å². The number of furan rings is 1. The van der Waals surface area contributed by atoms with E-state index in [2.05, 4.69) is 9.62 Å². The van der Waals surface area contributed by atoms with Crippen molar-refractivity contribution in [2.45, 2.75) is 45.7 Å². The fraction of sp³-hybridized carbons (Fsp3) is 0.765. The number of rotatable bonds is 5. The Morgan fingerprint density at radius 2 is 2.04 bits per heavy atom. The van der Waals surface area contributed by atoms with Gasteiger partial charge in [0.1, 0.15) is 11.5 Å². The van der Waals surface area contributed by atoms with Gasteiger partial charge in [-0.3, -0.25) is 4.90 Å². The minimum atomic E-state index is -3.21. The zero-order chi connectivity index (χ0) is 17.2. The third kappa shape index (κ3) is 4.02. The van der Waals surface area contributed by atoms with Crippen LogP contribution in [0.3, 0.4) is 0 Å². The van der Waals surface area contributed by atoms with Crippen molar-refractivity contribution >= 4 is 10.0 Å². The monoisotopic (exact) mass is 356 g/mol. The summed E-state index contributed by atoms with van der Waals surface area (Å²) >= 11 is 0. The summed E-state index contributed by atoms with van der Waals surface area (Å²) in [6, 6.07) is 3.92. The number of hydrogen-bond acceptors (Lipinski definition) is 5. The van der Waals surface area contributed by atoms with Crippen molar-refractivity contribution in [3.63, 3.8) is 0 Å². The van der Waals surface area contributed by atoms with Crippen LogP contribution < -0.4 is 4.72 Å². The Morgan fingerprint density at radius 3 is 2.67 bits per heavy atom. The highest BCUT2D eigenvalue weighted by Gasteiger charge is 2.44. The maximum absolute atomic E-state index is 12.0. The smallest absolute Gasteiger partial charge is 0.211 e. The molecule has 1 aromatic heterocycles. The molecule has 6 nitrogen and oxygen atoms in total. The van der Waals surface area contributed by atoms with Crippen LogP contribution in [0.2, 0.25) is 0 Å². The molecule has 1 atom stereocenters. The number of piperidine rings is 1. The molecule has 0 bridgehead atoms. The zero-order valence-electron chi connectivity index (χ0n) is 14.6. The third-order valence-electron chi connectivity index (χ3n) is 5.50. The average molecular weight is 356 g/mol. The second kappa shape index (κ2) is 7.15. The van der Waals surface area contributed by atoms with Crippen molar-refractivity contribution in [1.82, 2.24) is 9.62 Å². The van der Waals surface area contributed by atoms with Crippen molar-refractivity contribution in [2.75, 3.05) is 32.1 Å². The van der Waals surface area contributed by atoms with Crippen molar-refractivity contribution < 1.29 is 17.6 Å². The van der Waals surface area contributed by atoms with E-state index in [1.165, 1.54) is 0 Å². The number of likely N-dealkylation sites (tertiary alicyclic amines) is 1. The lowest BCUT2D eigenvalue weighted by Gasteiger charge is -2.48. The molecular formula is C17H28N2O4S. The van der Waals surface area contributed by atoms with Gasteiger partial charge < -0.3 is 9.15 Å². The van der Waals surface area contributed by atoms with Gasteiger partial charge in [0.2, 0.25) is 10.0 Å². The van der Waals surface area contributed by atoms with Gasteiger partial charge in [-0.1, -0.05) is 0 Å². The maximum atomic E-state index is 12.0. The molecule has 3 heterocycles. The normalized spacial score (nSPS) is 25.2. The Balaban J connectivity index is 1.63. The van der Waals surface area contributed by atoms with Gasteiger partial charge in [-0.15, -0.1) is 0 Å². The first-order valence-corrected chi connectivity index (χ1v) is 10.4. The Kier molecular flexibility index (Phi) is 5.34. The number of sulfonamides is 1. The topological polar surface area (TPSA) is 71.8 Å². The van der Waals surface area contributed by atoms with Crippen LogP contribution >= 0.6 is 0 Å². The van der Waals surface area contributed by atoms with Gasteiger partial charge in [0.05, 0.1) is 24.9 Å². The highest BCUT2D eigenvalue weighted by molar-refractivity contribution is 7.89. The first-order chi connectivity index (χ1) is 11.4. The van der Waals surface area contributed by atoms with E-state index in [-0.39, 0.29) is 17.2 Å². The summed E-state index contributed by atoms with van der Waals surface area (Å²) in [7, 11) is -3.21. The van der Waals surface area contributed by atoms with E-state index in [9.17, 15) is 8.42 Å². The third-order valence-corrected chi connectivity index (χ3v) is 6.90. The second-order valence-electron chi connectivity index (χ2n) is 7.05. The predicted octanol–water partition coefficient (Wildman–Crippen LogP) is 1.90. The molecule has 7 heteroatoms. The van der Waals surface area contributed by atoms with Gasteiger partial charge in [0.25, 0.3) is 0 Å². The molecule has 2 aliphatic rings. The number of nitrogens with one attached hydrogen (secondary N) is 1. The van der Waals surface area contributed by atoms with Crippen LogP contribution in [0.1, 0.15) is 37.7 Å². The van der Waals surface area contributed by atoms with Crippen LogP contribution in [0.15, 0.2) is 16.5 Å². The average Bonchev–Trinajstić information content (AvgIpc) is 2.97. The van der Waals surface area contributed by atoms with Gasteiger partial charge in [0, 0.05) is 6.61 Å². The van der Waals surface area contributed by atoms with Crippen LogP contribution in [0.4, 0.5) is 0 Å². The second-order valence-corrected chi connectivity index (χ2v) is 9.09. The first-order valence-electron chi connectivity index (χ1n) is 8.78. The Hall–Kier alpha value is -0.890. The standard InChI is InChI=1S/C17H28N2O4S/c1-3-24(20,21)18-16-13-22-11-8-17(16)6-9-19(10-7-17)12-15-5-4-14(2)23-15/h4-5,16,18H,3,6-13H2,1-2H3. The minimum absolute atomic E-state index is 0.0239. The zero-order valence-corrected chi connectivity index (χ0v) is 15.4. The molecule has 3 rings (SSSR count). The molecular weight excluding hydrogens is 328 g/mol. The van der Waals surface area contributed by atoms with Crippen molar-refractivity contribution in [1.29, 1.82) is 0 Å². The molecule has 0 aliphatic carbocycles. The molecule has 1 spiro atoms. The molecule has 1 unspecified atom stereocenters. The molecule has 136 valence electrons. The fourth-order valence-corrected chi connectivity index (χ4v) is 4.75. The van der Waals surface area contributed by atoms with Gasteiger partial charge in [0.15, 0.2) is 0 Å². The van der Waals surface area contributed by atoms with Gasteiger partial charge in [-0.2, -0.15) is 0 Å². The van der Waals surface area contributed by atoms with E-state index in [1.807, 2.05) is 19.1 Å². The predicted molar refractivity (Wildman–Crippen MR) is 92.2 cm³/mol. The SMILES string of the molecule is CCS(=O)(=O)NC1COCCC12CCN(Cc1ccc(C)o1)CC2. The summed E-state index contributed by atoms with van der Waals surface area (Å²) in [5, 5.41) is 0. The van der Waals surface area contributed by atoms with Crippen molar-refractivity contribution in [3.8, 4) is 0 Å². The lowest BCUT2D eigenvalue weighted by atomic mass is 9.69. The molecule has 2 aliphatic heterocycles. The summed E-state index contributed by atoms with van der Waals surface area (Å²) in [6.45, 7) is 7.59. The summed E-state index contributed by atoms with van der Waals surface area (Å²) < 4.78 is 38.1. The maximum Gasteiger partial charge on any atom is 0.211 e. The molecule has 1 N–H and O–H groups in total. The summed E-state index contributed by atoms with van der Waals surface area (Å²) in [6.07, 6.45) is 2.91. The largest absolute Gasteiger partial charge is 0.465 e. The van der Waals surface area contributed by atoms with Crippen LogP contribution in [0.25, 0.3) is 0 Å². The van der Waals surface area contributed by atoms with E-state index < -0.39 is 10.0 Å². The molecule has 0 amide bonds. The first kappa shape index (κ1) is 17.9. The summed E-state index contributed by atoms with van der Waals surface area (Å²) in [5.74, 6) is 2.06. The molecule has 0 aromatic carbocycles. The van der Waals surface area contributed by atoms with Gasteiger partial charge >= 0.3 is 0 Å². The molecule has 2 fully saturated rings. The highest BCUT2D eigenvalue weighted by atomic mass is 32.2. The number of aryl methyl sites for hydroxylation is 1. The summed E-state index contributed by atoms with van der Waals surface area (Å²) in [5.41, 5.74) is 0.0239. The number of ether oxygens (including phenoxy) is 1. The lowest BCUT2D eigenvalue weighted by molar-refractivity contribution is -0.0452. The Labute approximate surface area is 144 Å². The van der Waals surface area contributed by atoms with Crippen molar-refractivity contribution in [2.24, 2.45) is 5.41 Å². The lowest BCUT2D eigenvalue weighted by Crippen LogP contribution is -2.57. The van der Waals surface area contributed by atoms with E-state index in [4.69, 9.17) is 9.15 Å². The molecule has 1 aromatic rings. The summed E-state index contributed by atoms with van der Waals surface area (Å²) in [4.78, 5) is 2.39. The van der Waals surface area contributed by atoms with Crippen LogP contribution in [-0.2, 0) is 21.3 Å². The van der Waals surface area contributed by atoms with E-state index >= 15 is 0 Å². The van der Waals surface area contributed by atoms with Crippen LogP contribution in [0, 0.1) is 12.3 Å². The highest BCUT2D eigenvalue weighted by Crippen LogP contribution is 2.41. The Bertz CT molecular complexity index is 647. The fourth-order valence-electron chi connectivity index (χ4n) is 3.83. The van der Waals surface area contributed by atoms with E-state index in [1.54, 1.807) is 6.92 Å². The quantitative estimate of drug-likeness (QED) is 0.872. The van der Waals surface area contributed by atoms with Gasteiger partial charge in [-0.25, -0.2) is 13.1 Å². The van der Waals surface area contributed by atoms with Crippen LogP contribution in [-0.4, -0.2) is 51.4 Å². The molecule has 2 saturated heterocycles. The minimum Gasteiger partial charge on any atom is -0.465 e. The Morgan fingerprint density at radius 1 is 1.29 bits per heavy atom. The van der Waals surface area contributed by atoms with Crippen molar-refractivity contribution in [3.05, 3.63) is 23.7 Å². The number of nitrogens with zero attached hydrogens (tertiary/aromatic N) is 1. The number of hydrogen-bond donors (Lipinski definition) is 1. The molecule has 0 radical (unpaired) electrons. The molecule has 24 heavy (non-hydrogen) atoms. The van der Waals surface area contributed by atoms with Crippen LogP contribution in [0.5, 0.6) is 0 Å².